The first-order chi connectivity index (χ1) is 6.88. The molecule has 0 aliphatic carbocycles. The van der Waals surface area contributed by atoms with E-state index in [2.05, 4.69) is 15.9 Å². The highest BCUT2D eigenvalue weighted by molar-refractivity contribution is 9.10. The monoisotopic (exact) mass is 293 g/mol. The van der Waals surface area contributed by atoms with Gasteiger partial charge in [0.15, 0.2) is 0 Å². The van der Waals surface area contributed by atoms with Gasteiger partial charge >= 0.3 is 0 Å². The molecule has 84 valence electrons. The van der Waals surface area contributed by atoms with Crippen molar-refractivity contribution in [1.82, 2.24) is 0 Å². The van der Waals surface area contributed by atoms with Crippen LogP contribution in [0.1, 0.15) is 25.8 Å². The Morgan fingerprint density at radius 2 is 2.07 bits per heavy atom. The Morgan fingerprint density at radius 1 is 1.47 bits per heavy atom. The summed E-state index contributed by atoms with van der Waals surface area (Å²) in [5.41, 5.74) is 5.83. The van der Waals surface area contributed by atoms with Gasteiger partial charge in [-0.05, 0) is 52.0 Å². The third kappa shape index (κ3) is 2.92. The molecule has 0 atom stereocenters. The summed E-state index contributed by atoms with van der Waals surface area (Å²) in [5, 5.41) is 0.525. The maximum Gasteiger partial charge on any atom is 0.128 e. The number of hydrogen-bond donors (Lipinski definition) is 1. The van der Waals surface area contributed by atoms with Crippen LogP contribution < -0.4 is 5.73 Å². The van der Waals surface area contributed by atoms with Crippen LogP contribution in [0.4, 0.5) is 4.39 Å². The van der Waals surface area contributed by atoms with Crippen molar-refractivity contribution in [2.24, 2.45) is 5.73 Å². The number of benzene rings is 1. The molecule has 0 spiro atoms. The summed E-state index contributed by atoms with van der Waals surface area (Å²) >= 11 is 9.14. The third-order valence-electron chi connectivity index (χ3n) is 2.51. The van der Waals surface area contributed by atoms with Crippen LogP contribution in [0.5, 0.6) is 0 Å². The SMILES string of the molecule is CC(C)(CCN)c1cc(Cl)c(Br)cc1F. The van der Waals surface area contributed by atoms with E-state index < -0.39 is 0 Å². The zero-order chi connectivity index (χ0) is 11.6. The lowest BCUT2D eigenvalue weighted by Gasteiger charge is -2.25. The van der Waals surface area contributed by atoms with Crippen molar-refractivity contribution < 1.29 is 4.39 Å². The van der Waals surface area contributed by atoms with E-state index in [1.165, 1.54) is 6.07 Å². The van der Waals surface area contributed by atoms with Gasteiger partial charge in [0.25, 0.3) is 0 Å². The van der Waals surface area contributed by atoms with Crippen molar-refractivity contribution in [2.75, 3.05) is 6.54 Å². The van der Waals surface area contributed by atoms with Gasteiger partial charge in [-0.1, -0.05) is 25.4 Å². The zero-order valence-corrected chi connectivity index (χ0v) is 11.1. The van der Waals surface area contributed by atoms with Crippen LogP contribution in [-0.2, 0) is 5.41 Å². The van der Waals surface area contributed by atoms with E-state index in [-0.39, 0.29) is 11.2 Å². The van der Waals surface area contributed by atoms with Crippen molar-refractivity contribution in [3.63, 3.8) is 0 Å². The fourth-order valence-corrected chi connectivity index (χ4v) is 2.02. The molecule has 1 aromatic carbocycles. The maximum atomic E-state index is 13.7. The van der Waals surface area contributed by atoms with E-state index in [0.717, 1.165) is 6.42 Å². The normalized spacial score (nSPS) is 11.9. The van der Waals surface area contributed by atoms with E-state index in [0.29, 0.717) is 21.6 Å². The lowest BCUT2D eigenvalue weighted by molar-refractivity contribution is 0.456. The molecule has 15 heavy (non-hydrogen) atoms. The second-order valence-electron chi connectivity index (χ2n) is 4.17. The van der Waals surface area contributed by atoms with Gasteiger partial charge in [-0.2, -0.15) is 0 Å². The minimum atomic E-state index is -0.289. The molecule has 0 unspecified atom stereocenters. The predicted octanol–water partition coefficient (Wildman–Crippen LogP) is 3.87. The number of nitrogens with two attached hydrogens (primary N) is 1. The highest BCUT2D eigenvalue weighted by atomic mass is 79.9. The van der Waals surface area contributed by atoms with E-state index >= 15 is 0 Å². The first-order valence-corrected chi connectivity index (χ1v) is 5.90. The molecule has 1 rings (SSSR count). The molecule has 0 radical (unpaired) electrons. The predicted molar refractivity (Wildman–Crippen MR) is 65.8 cm³/mol. The zero-order valence-electron chi connectivity index (χ0n) is 8.78. The number of halogens is 3. The first-order valence-electron chi connectivity index (χ1n) is 4.73. The highest BCUT2D eigenvalue weighted by Gasteiger charge is 2.24. The van der Waals surface area contributed by atoms with Gasteiger partial charge in [0.1, 0.15) is 5.82 Å². The van der Waals surface area contributed by atoms with Crippen molar-refractivity contribution in [1.29, 1.82) is 0 Å². The molecule has 0 fully saturated rings. The largest absolute Gasteiger partial charge is 0.330 e. The van der Waals surface area contributed by atoms with Crippen molar-refractivity contribution in [2.45, 2.75) is 25.7 Å². The number of rotatable bonds is 3. The Labute approximate surface area is 103 Å². The van der Waals surface area contributed by atoms with E-state index in [1.807, 2.05) is 13.8 Å². The summed E-state index contributed by atoms with van der Waals surface area (Å²) in [7, 11) is 0. The Kier molecular flexibility index (Phi) is 4.15. The molecule has 1 aromatic rings. The first kappa shape index (κ1) is 12.9. The topological polar surface area (TPSA) is 26.0 Å². The van der Waals surface area contributed by atoms with Crippen LogP contribution in [0.25, 0.3) is 0 Å². The minimum Gasteiger partial charge on any atom is -0.330 e. The van der Waals surface area contributed by atoms with Gasteiger partial charge in [0, 0.05) is 4.47 Å². The second kappa shape index (κ2) is 4.81. The lowest BCUT2D eigenvalue weighted by atomic mass is 9.81. The molecule has 0 heterocycles. The summed E-state index contributed by atoms with van der Waals surface area (Å²) in [6.07, 6.45) is 0.724. The Bertz CT molecular complexity index is 366. The smallest absolute Gasteiger partial charge is 0.128 e. The Balaban J connectivity index is 3.19. The van der Waals surface area contributed by atoms with Crippen LogP contribution in [-0.4, -0.2) is 6.54 Å². The average molecular weight is 295 g/mol. The molecule has 0 aliphatic rings. The summed E-state index contributed by atoms with van der Waals surface area (Å²) in [5.74, 6) is -0.246. The van der Waals surface area contributed by atoms with Gasteiger partial charge in [0.05, 0.1) is 5.02 Å². The fraction of sp³-hybridized carbons (Fsp3) is 0.455. The molecule has 1 nitrogen and oxygen atoms in total. The quantitative estimate of drug-likeness (QED) is 0.842. The Morgan fingerprint density at radius 3 is 2.60 bits per heavy atom. The van der Waals surface area contributed by atoms with Crippen LogP contribution in [0, 0.1) is 5.82 Å². The van der Waals surface area contributed by atoms with E-state index in [4.69, 9.17) is 17.3 Å². The van der Waals surface area contributed by atoms with Crippen molar-refractivity contribution >= 4 is 27.5 Å². The molecule has 2 N–H and O–H groups in total. The van der Waals surface area contributed by atoms with Crippen LogP contribution in [0.2, 0.25) is 5.02 Å². The maximum absolute atomic E-state index is 13.7. The summed E-state index contributed by atoms with van der Waals surface area (Å²) in [6.45, 7) is 4.45. The Hall–Kier alpha value is -0.120. The lowest BCUT2D eigenvalue weighted by Crippen LogP contribution is -2.23. The molecule has 0 amide bonds. The fourth-order valence-electron chi connectivity index (χ4n) is 1.54. The molecule has 4 heteroatoms. The van der Waals surface area contributed by atoms with Crippen molar-refractivity contribution in [3.05, 3.63) is 33.0 Å². The molecule has 0 saturated heterocycles. The molecular formula is C11H14BrClFN. The summed E-state index contributed by atoms with van der Waals surface area (Å²) < 4.78 is 14.3. The van der Waals surface area contributed by atoms with Crippen LogP contribution >= 0.6 is 27.5 Å². The minimum absolute atomic E-state index is 0.246. The molecule has 0 bridgehead atoms. The van der Waals surface area contributed by atoms with Crippen molar-refractivity contribution in [3.8, 4) is 0 Å². The molecule has 0 aromatic heterocycles. The van der Waals surface area contributed by atoms with Gasteiger partial charge in [-0.25, -0.2) is 4.39 Å². The second-order valence-corrected chi connectivity index (χ2v) is 5.43. The van der Waals surface area contributed by atoms with Gasteiger partial charge in [-0.3, -0.25) is 0 Å². The van der Waals surface area contributed by atoms with Gasteiger partial charge < -0.3 is 5.73 Å². The molecule has 0 aliphatic heterocycles. The third-order valence-corrected chi connectivity index (χ3v) is 3.71. The van der Waals surface area contributed by atoms with Crippen LogP contribution in [0.3, 0.4) is 0 Å². The summed E-state index contributed by atoms with van der Waals surface area (Å²) in [4.78, 5) is 0. The van der Waals surface area contributed by atoms with Gasteiger partial charge in [0.2, 0.25) is 0 Å². The van der Waals surface area contributed by atoms with Crippen LogP contribution in [0.15, 0.2) is 16.6 Å². The molecule has 0 saturated carbocycles. The molecular weight excluding hydrogens is 280 g/mol. The average Bonchev–Trinajstić information content (AvgIpc) is 2.11. The summed E-state index contributed by atoms with van der Waals surface area (Å²) in [6, 6.07) is 3.06. The standard InChI is InChI=1S/C11H14BrClFN/c1-11(2,3-4-15)7-5-9(13)8(12)6-10(7)14/h5-6H,3-4,15H2,1-2H3. The highest BCUT2D eigenvalue weighted by Crippen LogP contribution is 2.34. The van der Waals surface area contributed by atoms with E-state index in [1.54, 1.807) is 6.07 Å². The van der Waals surface area contributed by atoms with Gasteiger partial charge in [-0.15, -0.1) is 0 Å². The number of hydrogen-bond acceptors (Lipinski definition) is 1. The van der Waals surface area contributed by atoms with E-state index in [9.17, 15) is 4.39 Å².